The average molecular weight is 238 g/mol. The third-order valence-electron chi connectivity index (χ3n) is 2.29. The van der Waals surface area contributed by atoms with Crippen LogP contribution in [0, 0.1) is 0 Å². The van der Waals surface area contributed by atoms with Crippen molar-refractivity contribution < 1.29 is 13.3 Å². The first-order valence-electron chi connectivity index (χ1n) is 6.02. The molecule has 0 radical (unpaired) electrons. The second kappa shape index (κ2) is 8.29. The van der Waals surface area contributed by atoms with Gasteiger partial charge in [0.1, 0.15) is 0 Å². The van der Waals surface area contributed by atoms with Gasteiger partial charge in [0.25, 0.3) is 0 Å². The van der Waals surface area contributed by atoms with E-state index in [1.54, 1.807) is 0 Å². The Labute approximate surface area is 93.2 Å². The topological polar surface area (TPSA) is 26.3 Å². The minimum Gasteiger partial charge on any atom is -0.302 e. The van der Waals surface area contributed by atoms with Crippen LogP contribution in [0.1, 0.15) is 59.3 Å². The highest BCUT2D eigenvalue weighted by molar-refractivity contribution is 7.53. The van der Waals surface area contributed by atoms with Crippen LogP contribution in [0.3, 0.4) is 0 Å². The predicted molar refractivity (Wildman–Crippen MR) is 63.2 cm³/mol. The molecule has 0 aliphatic heterocycles. The molecule has 0 N–H and O–H groups in total. The standard InChI is InChI=1S/C11H24FO2P/c1-4-7-9-11(8-5-2)14-15(12,13)10-6-3/h11H,4-10H2,1-3H3. The summed E-state index contributed by atoms with van der Waals surface area (Å²) in [6, 6.07) is 0. The molecule has 0 aliphatic rings. The summed E-state index contributed by atoms with van der Waals surface area (Å²) in [5, 5.41) is 0. The van der Waals surface area contributed by atoms with Crippen molar-refractivity contribution in [2.24, 2.45) is 0 Å². The molecule has 0 aromatic carbocycles. The van der Waals surface area contributed by atoms with Gasteiger partial charge in [-0.25, -0.2) is 0 Å². The highest BCUT2D eigenvalue weighted by atomic mass is 31.2. The van der Waals surface area contributed by atoms with Crippen molar-refractivity contribution in [3.05, 3.63) is 0 Å². The SMILES string of the molecule is CCCCC(CCC)OP(=O)(F)CCC. The molecule has 92 valence electrons. The first kappa shape index (κ1) is 15.1. The van der Waals surface area contributed by atoms with Crippen molar-refractivity contribution in [2.75, 3.05) is 6.16 Å². The van der Waals surface area contributed by atoms with E-state index < -0.39 is 7.68 Å². The molecule has 0 aromatic heterocycles. The van der Waals surface area contributed by atoms with Crippen LogP contribution in [0.2, 0.25) is 0 Å². The molecule has 15 heavy (non-hydrogen) atoms. The fourth-order valence-corrected chi connectivity index (χ4v) is 2.84. The molecule has 0 saturated carbocycles. The van der Waals surface area contributed by atoms with Crippen LogP contribution in [-0.4, -0.2) is 12.3 Å². The Kier molecular flexibility index (Phi) is 8.36. The van der Waals surface area contributed by atoms with Crippen molar-refractivity contribution >= 4 is 7.68 Å². The van der Waals surface area contributed by atoms with Gasteiger partial charge in [-0.05, 0) is 19.3 Å². The quantitative estimate of drug-likeness (QED) is 0.532. The van der Waals surface area contributed by atoms with Crippen LogP contribution in [0.4, 0.5) is 4.20 Å². The summed E-state index contributed by atoms with van der Waals surface area (Å²) in [6.07, 6.45) is 5.11. The van der Waals surface area contributed by atoms with Crippen molar-refractivity contribution in [3.63, 3.8) is 0 Å². The van der Waals surface area contributed by atoms with Gasteiger partial charge in [-0.3, -0.25) is 4.57 Å². The lowest BCUT2D eigenvalue weighted by Gasteiger charge is -2.19. The van der Waals surface area contributed by atoms with Crippen LogP contribution in [0.25, 0.3) is 0 Å². The summed E-state index contributed by atoms with van der Waals surface area (Å²) < 4.78 is 29.9. The lowest BCUT2D eigenvalue weighted by molar-refractivity contribution is 0.165. The zero-order chi connectivity index (χ0) is 11.7. The van der Waals surface area contributed by atoms with Crippen LogP contribution >= 0.6 is 7.68 Å². The van der Waals surface area contributed by atoms with Crippen LogP contribution in [0.5, 0.6) is 0 Å². The van der Waals surface area contributed by atoms with Gasteiger partial charge in [0, 0.05) is 0 Å². The van der Waals surface area contributed by atoms with E-state index in [2.05, 4.69) is 6.92 Å². The van der Waals surface area contributed by atoms with Gasteiger partial charge >= 0.3 is 7.68 Å². The molecular formula is C11H24FO2P. The number of hydrogen-bond donors (Lipinski definition) is 0. The number of rotatable bonds is 9. The predicted octanol–water partition coefficient (Wildman–Crippen LogP) is 4.93. The lowest BCUT2D eigenvalue weighted by Crippen LogP contribution is -2.11. The smallest absolute Gasteiger partial charge is 0.302 e. The first-order valence-corrected chi connectivity index (χ1v) is 7.72. The summed E-state index contributed by atoms with van der Waals surface area (Å²) in [7, 11) is -3.82. The molecule has 0 aromatic rings. The van der Waals surface area contributed by atoms with E-state index in [0.717, 1.165) is 32.1 Å². The fraction of sp³-hybridized carbons (Fsp3) is 1.00. The minimum atomic E-state index is -3.82. The monoisotopic (exact) mass is 238 g/mol. The largest absolute Gasteiger partial charge is 0.367 e. The number of unbranched alkanes of at least 4 members (excludes halogenated alkanes) is 1. The molecule has 0 aliphatic carbocycles. The molecule has 2 atom stereocenters. The Morgan fingerprint density at radius 1 is 1.13 bits per heavy atom. The van der Waals surface area contributed by atoms with Gasteiger partial charge in [0.15, 0.2) is 0 Å². The Hall–Kier alpha value is 0.120. The molecule has 2 unspecified atom stereocenters. The van der Waals surface area contributed by atoms with E-state index in [-0.39, 0.29) is 12.3 Å². The van der Waals surface area contributed by atoms with E-state index in [1.807, 2.05) is 13.8 Å². The van der Waals surface area contributed by atoms with Crippen LogP contribution in [-0.2, 0) is 9.09 Å². The molecule has 0 amide bonds. The molecule has 0 spiro atoms. The Morgan fingerprint density at radius 3 is 2.27 bits per heavy atom. The summed E-state index contributed by atoms with van der Waals surface area (Å²) >= 11 is 0. The number of halogens is 1. The second-order valence-corrected chi connectivity index (χ2v) is 5.81. The third kappa shape index (κ3) is 7.98. The molecule has 2 nitrogen and oxygen atoms in total. The summed E-state index contributed by atoms with van der Waals surface area (Å²) in [5.41, 5.74) is 0. The van der Waals surface area contributed by atoms with Crippen molar-refractivity contribution in [1.29, 1.82) is 0 Å². The van der Waals surface area contributed by atoms with E-state index in [4.69, 9.17) is 4.52 Å². The van der Waals surface area contributed by atoms with Gasteiger partial charge in [-0.15, -0.1) is 0 Å². The fourth-order valence-electron chi connectivity index (χ4n) is 1.55. The molecule has 0 fully saturated rings. The second-order valence-electron chi connectivity index (χ2n) is 3.97. The first-order chi connectivity index (χ1) is 7.05. The summed E-state index contributed by atoms with van der Waals surface area (Å²) in [4.78, 5) is 0. The highest BCUT2D eigenvalue weighted by Crippen LogP contribution is 2.51. The Morgan fingerprint density at radius 2 is 1.80 bits per heavy atom. The molecule has 4 heteroatoms. The minimum absolute atomic E-state index is 0.0549. The molecule has 0 rings (SSSR count). The molecule has 0 bridgehead atoms. The normalized spacial score (nSPS) is 17.3. The van der Waals surface area contributed by atoms with Gasteiger partial charge in [-0.2, -0.15) is 4.20 Å². The van der Waals surface area contributed by atoms with E-state index in [0.29, 0.717) is 6.42 Å². The van der Waals surface area contributed by atoms with Crippen molar-refractivity contribution in [1.82, 2.24) is 0 Å². The van der Waals surface area contributed by atoms with Crippen molar-refractivity contribution in [2.45, 2.75) is 65.4 Å². The highest BCUT2D eigenvalue weighted by Gasteiger charge is 2.25. The average Bonchev–Trinajstić information content (AvgIpc) is 2.14. The lowest BCUT2D eigenvalue weighted by atomic mass is 10.1. The molecule has 0 saturated heterocycles. The van der Waals surface area contributed by atoms with E-state index in [1.165, 1.54) is 0 Å². The van der Waals surface area contributed by atoms with Crippen molar-refractivity contribution in [3.8, 4) is 0 Å². The van der Waals surface area contributed by atoms with E-state index in [9.17, 15) is 8.76 Å². The Balaban J connectivity index is 4.07. The van der Waals surface area contributed by atoms with Gasteiger partial charge in [-0.1, -0.05) is 40.0 Å². The maximum Gasteiger partial charge on any atom is 0.367 e. The van der Waals surface area contributed by atoms with Crippen LogP contribution in [0.15, 0.2) is 0 Å². The summed E-state index contributed by atoms with van der Waals surface area (Å²) in [6.45, 7) is 5.94. The number of hydrogen-bond acceptors (Lipinski definition) is 2. The van der Waals surface area contributed by atoms with Crippen LogP contribution < -0.4 is 0 Å². The maximum atomic E-state index is 13.4. The summed E-state index contributed by atoms with van der Waals surface area (Å²) in [5.74, 6) is 0. The zero-order valence-electron chi connectivity index (χ0n) is 10.2. The van der Waals surface area contributed by atoms with E-state index >= 15 is 0 Å². The molecule has 0 heterocycles. The zero-order valence-corrected chi connectivity index (χ0v) is 11.1. The Bertz CT molecular complexity index is 197. The van der Waals surface area contributed by atoms with Gasteiger partial charge in [0.05, 0.1) is 12.3 Å². The van der Waals surface area contributed by atoms with Gasteiger partial charge in [0.2, 0.25) is 0 Å². The third-order valence-corrected chi connectivity index (χ3v) is 3.88. The molecular weight excluding hydrogens is 214 g/mol. The van der Waals surface area contributed by atoms with Gasteiger partial charge < -0.3 is 4.52 Å². The maximum absolute atomic E-state index is 13.4.